The second-order valence-electron chi connectivity index (χ2n) is 7.27. The highest BCUT2D eigenvalue weighted by molar-refractivity contribution is 7.80. The van der Waals surface area contributed by atoms with Crippen molar-refractivity contribution in [2.75, 3.05) is 6.61 Å². The molecule has 0 unspecified atom stereocenters. The van der Waals surface area contributed by atoms with Gasteiger partial charge in [0, 0.05) is 11.4 Å². The van der Waals surface area contributed by atoms with Crippen molar-refractivity contribution in [2.24, 2.45) is 0 Å². The molecule has 176 valence electrons. The van der Waals surface area contributed by atoms with Crippen LogP contribution >= 0.6 is 35.4 Å². The van der Waals surface area contributed by atoms with E-state index in [0.29, 0.717) is 28.8 Å². The third-order valence-electron chi connectivity index (χ3n) is 4.78. The van der Waals surface area contributed by atoms with Gasteiger partial charge >= 0.3 is 0 Å². The molecule has 0 atom stereocenters. The maximum absolute atomic E-state index is 13.0. The van der Waals surface area contributed by atoms with Gasteiger partial charge in [-0.2, -0.15) is 0 Å². The van der Waals surface area contributed by atoms with Crippen molar-refractivity contribution in [3.63, 3.8) is 0 Å². The van der Waals surface area contributed by atoms with Gasteiger partial charge in [0.25, 0.3) is 0 Å². The number of halogens is 2. The van der Waals surface area contributed by atoms with Gasteiger partial charge in [-0.25, -0.2) is 0 Å². The molecule has 3 aromatic carbocycles. The SMILES string of the molecule is O=C(CCCOc1ccc(Cl)cc1Cl)NNC(=S)NC(=O)C(c1ccccc1)c1ccccc1. The standard InChI is InChI=1S/C25H23Cl2N3O3S/c26-19-13-14-21(20(27)16-19)33-15-7-12-22(31)29-30-25(34)28-24(32)23(17-8-3-1-4-9-17)18-10-5-2-6-11-18/h1-6,8-11,13-14,16,23H,7,12,15H2,(H,29,31)(H2,28,30,32,34). The maximum atomic E-state index is 13.0. The number of carbonyl (C=O) groups is 2. The minimum Gasteiger partial charge on any atom is -0.492 e. The molecule has 6 nitrogen and oxygen atoms in total. The van der Waals surface area contributed by atoms with Crippen LogP contribution in [-0.2, 0) is 9.59 Å². The molecular formula is C25H23Cl2N3O3S. The van der Waals surface area contributed by atoms with E-state index in [4.69, 9.17) is 40.2 Å². The van der Waals surface area contributed by atoms with Gasteiger partial charge in [0.15, 0.2) is 5.11 Å². The Kier molecular flexibility index (Phi) is 9.70. The number of amides is 2. The van der Waals surface area contributed by atoms with Gasteiger partial charge in [0.1, 0.15) is 5.75 Å². The first-order valence-electron chi connectivity index (χ1n) is 10.5. The molecule has 0 heterocycles. The number of benzene rings is 3. The minimum absolute atomic E-state index is 0.000548. The van der Waals surface area contributed by atoms with E-state index >= 15 is 0 Å². The molecule has 9 heteroatoms. The lowest BCUT2D eigenvalue weighted by atomic mass is 9.90. The van der Waals surface area contributed by atoms with Gasteiger partial charge in [0.05, 0.1) is 17.5 Å². The summed E-state index contributed by atoms with van der Waals surface area (Å²) in [7, 11) is 0. The van der Waals surface area contributed by atoms with Crippen LogP contribution in [0.25, 0.3) is 0 Å². The number of rotatable bonds is 8. The lowest BCUT2D eigenvalue weighted by molar-refractivity contribution is -0.122. The zero-order chi connectivity index (χ0) is 24.3. The number of hydrogen-bond acceptors (Lipinski definition) is 4. The summed E-state index contributed by atoms with van der Waals surface area (Å²) >= 11 is 17.1. The number of nitrogens with one attached hydrogen (secondary N) is 3. The second kappa shape index (κ2) is 12.9. The minimum atomic E-state index is -0.547. The van der Waals surface area contributed by atoms with E-state index in [1.165, 1.54) is 0 Å². The fraction of sp³-hybridized carbons (Fsp3) is 0.160. The molecule has 34 heavy (non-hydrogen) atoms. The number of ether oxygens (including phenoxy) is 1. The fourth-order valence-corrected chi connectivity index (χ4v) is 3.81. The van der Waals surface area contributed by atoms with Gasteiger partial charge < -0.3 is 10.1 Å². The molecule has 3 aromatic rings. The van der Waals surface area contributed by atoms with Crippen molar-refractivity contribution < 1.29 is 14.3 Å². The van der Waals surface area contributed by atoms with Crippen molar-refractivity contribution in [3.05, 3.63) is 100 Å². The fourth-order valence-electron chi connectivity index (χ4n) is 3.20. The summed E-state index contributed by atoms with van der Waals surface area (Å²) in [4.78, 5) is 25.1. The summed E-state index contributed by atoms with van der Waals surface area (Å²) in [6, 6.07) is 23.7. The van der Waals surface area contributed by atoms with E-state index in [-0.39, 0.29) is 23.3 Å². The van der Waals surface area contributed by atoms with Crippen LogP contribution in [-0.4, -0.2) is 23.5 Å². The van der Waals surface area contributed by atoms with Gasteiger partial charge in [-0.3, -0.25) is 20.4 Å². The Morgan fingerprint density at radius 2 is 1.50 bits per heavy atom. The molecule has 0 saturated carbocycles. The molecular weight excluding hydrogens is 493 g/mol. The first-order valence-corrected chi connectivity index (χ1v) is 11.7. The summed E-state index contributed by atoms with van der Waals surface area (Å²) in [5.74, 6) is -0.656. The predicted molar refractivity (Wildman–Crippen MR) is 138 cm³/mol. The Morgan fingerprint density at radius 3 is 2.09 bits per heavy atom. The number of hydrogen-bond donors (Lipinski definition) is 3. The molecule has 2 amide bonds. The first kappa shape index (κ1) is 25.5. The van der Waals surface area contributed by atoms with Crippen molar-refractivity contribution in [3.8, 4) is 5.75 Å². The highest BCUT2D eigenvalue weighted by Gasteiger charge is 2.23. The summed E-state index contributed by atoms with van der Waals surface area (Å²) in [5.41, 5.74) is 6.71. The molecule has 3 N–H and O–H groups in total. The monoisotopic (exact) mass is 515 g/mol. The van der Waals surface area contributed by atoms with Crippen molar-refractivity contribution >= 4 is 52.3 Å². The van der Waals surface area contributed by atoms with Crippen LogP contribution in [0.15, 0.2) is 78.9 Å². The molecule has 0 spiro atoms. The normalized spacial score (nSPS) is 10.4. The lowest BCUT2D eigenvalue weighted by Crippen LogP contribution is -2.49. The number of carbonyl (C=O) groups excluding carboxylic acids is 2. The molecule has 0 bridgehead atoms. The summed E-state index contributed by atoms with van der Waals surface area (Å²) in [6.07, 6.45) is 0.640. The maximum Gasteiger partial charge on any atom is 0.238 e. The molecule has 0 aliphatic rings. The molecule has 0 aromatic heterocycles. The molecule has 0 aliphatic heterocycles. The van der Waals surface area contributed by atoms with Crippen LogP contribution in [0.1, 0.15) is 29.9 Å². The molecule has 3 rings (SSSR count). The van der Waals surface area contributed by atoms with Crippen LogP contribution in [0, 0.1) is 0 Å². The van der Waals surface area contributed by atoms with Crippen molar-refractivity contribution in [2.45, 2.75) is 18.8 Å². The summed E-state index contributed by atoms with van der Waals surface area (Å²) in [5, 5.41) is 3.57. The zero-order valence-corrected chi connectivity index (χ0v) is 20.4. The summed E-state index contributed by atoms with van der Waals surface area (Å²) in [6.45, 7) is 0.297. The van der Waals surface area contributed by atoms with E-state index in [9.17, 15) is 9.59 Å². The Balaban J connectivity index is 1.45. The Morgan fingerprint density at radius 1 is 0.882 bits per heavy atom. The molecule has 0 fully saturated rings. The van der Waals surface area contributed by atoms with E-state index < -0.39 is 5.92 Å². The second-order valence-corrected chi connectivity index (χ2v) is 8.52. The smallest absolute Gasteiger partial charge is 0.238 e. The zero-order valence-electron chi connectivity index (χ0n) is 18.1. The Labute approximate surface area is 213 Å². The predicted octanol–water partition coefficient (Wildman–Crippen LogP) is 5.01. The lowest BCUT2D eigenvalue weighted by Gasteiger charge is -2.18. The molecule has 0 aliphatic carbocycles. The number of hydrazine groups is 1. The van der Waals surface area contributed by atoms with E-state index in [1.54, 1.807) is 18.2 Å². The van der Waals surface area contributed by atoms with E-state index in [1.807, 2.05) is 60.7 Å². The Bertz CT molecular complexity index is 1090. The number of thiocarbonyl (C=S) groups is 1. The largest absolute Gasteiger partial charge is 0.492 e. The highest BCUT2D eigenvalue weighted by Crippen LogP contribution is 2.27. The van der Waals surface area contributed by atoms with E-state index in [0.717, 1.165) is 11.1 Å². The van der Waals surface area contributed by atoms with Crippen molar-refractivity contribution in [1.29, 1.82) is 0 Å². The van der Waals surface area contributed by atoms with Gasteiger partial charge in [-0.05, 0) is 48.0 Å². The van der Waals surface area contributed by atoms with Crippen molar-refractivity contribution in [1.82, 2.24) is 16.2 Å². The quantitative estimate of drug-likeness (QED) is 0.223. The first-order chi connectivity index (χ1) is 16.4. The van der Waals surface area contributed by atoms with Crippen LogP contribution < -0.4 is 20.9 Å². The van der Waals surface area contributed by atoms with Crippen LogP contribution in [0.5, 0.6) is 5.75 Å². The third-order valence-corrected chi connectivity index (χ3v) is 5.51. The van der Waals surface area contributed by atoms with Gasteiger partial charge in [-0.15, -0.1) is 0 Å². The van der Waals surface area contributed by atoms with E-state index in [2.05, 4.69) is 16.2 Å². The topological polar surface area (TPSA) is 79.5 Å². The third kappa shape index (κ3) is 7.73. The van der Waals surface area contributed by atoms with Crippen LogP contribution in [0.3, 0.4) is 0 Å². The van der Waals surface area contributed by atoms with Gasteiger partial charge in [-0.1, -0.05) is 83.9 Å². The molecule has 0 saturated heterocycles. The Hall–Kier alpha value is -3.13. The average molecular weight is 516 g/mol. The highest BCUT2D eigenvalue weighted by atomic mass is 35.5. The average Bonchev–Trinajstić information content (AvgIpc) is 2.83. The summed E-state index contributed by atoms with van der Waals surface area (Å²) < 4.78 is 5.56. The van der Waals surface area contributed by atoms with Gasteiger partial charge in [0.2, 0.25) is 11.8 Å². The van der Waals surface area contributed by atoms with Crippen LogP contribution in [0.4, 0.5) is 0 Å². The van der Waals surface area contributed by atoms with Crippen LogP contribution in [0.2, 0.25) is 10.0 Å². The molecule has 0 radical (unpaired) electrons.